The number of unbranched alkanes of at least 4 members (excludes halogenated alkanes) is 1. The Labute approximate surface area is 249 Å². The molecule has 42 heavy (non-hydrogen) atoms. The van der Waals surface area contributed by atoms with E-state index in [-0.39, 0.29) is 16.5 Å². The second-order valence-corrected chi connectivity index (χ2v) is 11.9. The summed E-state index contributed by atoms with van der Waals surface area (Å²) in [6.45, 7) is 3.05. The zero-order valence-corrected chi connectivity index (χ0v) is 24.8. The second kappa shape index (κ2) is 14.6. The van der Waals surface area contributed by atoms with Crippen LogP contribution in [0.4, 0.5) is 18.9 Å². The number of hydrogen-bond donors (Lipinski definition) is 1. The topological polar surface area (TPSA) is 86.8 Å². The molecule has 1 atom stereocenters. The van der Waals surface area contributed by atoms with Crippen molar-refractivity contribution in [2.24, 2.45) is 0 Å². The Morgan fingerprint density at radius 2 is 1.60 bits per heavy atom. The molecule has 226 valence electrons. The van der Waals surface area contributed by atoms with Gasteiger partial charge in [-0.25, -0.2) is 8.42 Å². The Kier molecular flexibility index (Phi) is 11.4. The van der Waals surface area contributed by atoms with Crippen molar-refractivity contribution in [3.63, 3.8) is 0 Å². The van der Waals surface area contributed by atoms with E-state index < -0.39 is 51.9 Å². The zero-order valence-electron chi connectivity index (χ0n) is 23.3. The number of halogens is 4. The van der Waals surface area contributed by atoms with Crippen LogP contribution in [0.3, 0.4) is 0 Å². The van der Waals surface area contributed by atoms with Gasteiger partial charge in [0.1, 0.15) is 12.6 Å². The van der Waals surface area contributed by atoms with Gasteiger partial charge in [-0.1, -0.05) is 73.5 Å². The molecular weight excluding hydrogens is 591 g/mol. The average Bonchev–Trinajstić information content (AvgIpc) is 2.96. The number of alkyl halides is 3. The van der Waals surface area contributed by atoms with Crippen LogP contribution in [-0.4, -0.2) is 50.8 Å². The minimum absolute atomic E-state index is 0.0563. The third-order valence-corrected chi connectivity index (χ3v) is 8.73. The van der Waals surface area contributed by atoms with Crippen molar-refractivity contribution in [1.29, 1.82) is 0 Å². The number of rotatable bonds is 13. The van der Waals surface area contributed by atoms with Crippen molar-refractivity contribution in [3.05, 3.63) is 95.0 Å². The summed E-state index contributed by atoms with van der Waals surface area (Å²) >= 11 is 6.26. The fourth-order valence-electron chi connectivity index (χ4n) is 4.22. The van der Waals surface area contributed by atoms with Crippen LogP contribution >= 0.6 is 11.6 Å². The molecule has 3 rings (SSSR count). The molecule has 0 aliphatic heterocycles. The monoisotopic (exact) mass is 623 g/mol. The van der Waals surface area contributed by atoms with Crippen LogP contribution in [0.25, 0.3) is 0 Å². The summed E-state index contributed by atoms with van der Waals surface area (Å²) in [5, 5.41) is 2.49. The molecule has 0 aromatic heterocycles. The van der Waals surface area contributed by atoms with Gasteiger partial charge >= 0.3 is 6.18 Å². The lowest BCUT2D eigenvalue weighted by atomic mass is 10.1. The molecule has 1 N–H and O–H groups in total. The quantitative estimate of drug-likeness (QED) is 0.239. The lowest BCUT2D eigenvalue weighted by Gasteiger charge is -2.32. The second-order valence-electron chi connectivity index (χ2n) is 9.63. The van der Waals surface area contributed by atoms with Crippen LogP contribution in [0.1, 0.15) is 37.8 Å². The summed E-state index contributed by atoms with van der Waals surface area (Å²) in [6, 6.07) is 17.5. The van der Waals surface area contributed by atoms with E-state index in [9.17, 15) is 31.2 Å². The highest BCUT2D eigenvalue weighted by molar-refractivity contribution is 7.92. The highest BCUT2D eigenvalue weighted by Crippen LogP contribution is 2.37. The third-order valence-electron chi connectivity index (χ3n) is 6.63. The maximum Gasteiger partial charge on any atom is 0.416 e. The van der Waals surface area contributed by atoms with Gasteiger partial charge in [0.25, 0.3) is 10.0 Å². The molecule has 0 bridgehead atoms. The number of nitrogens with zero attached hydrogens (tertiary/aromatic N) is 2. The van der Waals surface area contributed by atoms with E-state index in [4.69, 9.17) is 11.6 Å². The molecule has 0 heterocycles. The molecule has 2 amide bonds. The maximum absolute atomic E-state index is 13.9. The van der Waals surface area contributed by atoms with E-state index in [1.54, 1.807) is 6.07 Å². The van der Waals surface area contributed by atoms with Gasteiger partial charge in [0.15, 0.2) is 0 Å². The predicted molar refractivity (Wildman–Crippen MR) is 157 cm³/mol. The summed E-state index contributed by atoms with van der Waals surface area (Å²) in [4.78, 5) is 27.8. The molecule has 0 saturated carbocycles. The van der Waals surface area contributed by atoms with Crippen molar-refractivity contribution in [3.8, 4) is 0 Å². The summed E-state index contributed by atoms with van der Waals surface area (Å²) in [6.07, 6.45) is -2.86. The molecule has 0 aliphatic carbocycles. The number of carbonyl (C=O) groups is 2. The van der Waals surface area contributed by atoms with E-state index in [2.05, 4.69) is 5.32 Å². The summed E-state index contributed by atoms with van der Waals surface area (Å²) in [7, 11) is -4.56. The predicted octanol–water partition coefficient (Wildman–Crippen LogP) is 5.93. The van der Waals surface area contributed by atoms with Crippen LogP contribution in [0.15, 0.2) is 83.8 Å². The van der Waals surface area contributed by atoms with Gasteiger partial charge in [-0.3, -0.25) is 13.9 Å². The number of amides is 2. The van der Waals surface area contributed by atoms with Gasteiger partial charge in [0.2, 0.25) is 11.8 Å². The first kappa shape index (κ1) is 32.9. The van der Waals surface area contributed by atoms with Crippen LogP contribution in [0.2, 0.25) is 5.02 Å². The minimum atomic E-state index is -4.79. The lowest BCUT2D eigenvalue weighted by Crippen LogP contribution is -2.52. The Hall–Kier alpha value is -3.57. The molecule has 12 heteroatoms. The summed E-state index contributed by atoms with van der Waals surface area (Å²) < 4.78 is 69.0. The first-order chi connectivity index (χ1) is 19.9. The van der Waals surface area contributed by atoms with Gasteiger partial charge in [0.05, 0.1) is 21.2 Å². The van der Waals surface area contributed by atoms with Gasteiger partial charge in [0, 0.05) is 13.1 Å². The maximum atomic E-state index is 13.9. The molecule has 0 unspecified atom stereocenters. The molecule has 0 radical (unpaired) electrons. The normalized spacial score (nSPS) is 12.4. The van der Waals surface area contributed by atoms with Crippen molar-refractivity contribution >= 4 is 39.1 Å². The Bertz CT molecular complexity index is 1460. The first-order valence-electron chi connectivity index (χ1n) is 13.4. The lowest BCUT2D eigenvalue weighted by molar-refractivity contribution is -0.138. The van der Waals surface area contributed by atoms with Crippen molar-refractivity contribution in [2.75, 3.05) is 23.9 Å². The molecule has 0 fully saturated rings. The van der Waals surface area contributed by atoms with Crippen LogP contribution in [0, 0.1) is 0 Å². The fraction of sp³-hybridized carbons (Fsp3) is 0.333. The average molecular weight is 624 g/mol. The highest BCUT2D eigenvalue weighted by Gasteiger charge is 2.36. The number of anilines is 1. The third kappa shape index (κ3) is 8.48. The number of carbonyl (C=O) groups excluding carboxylic acids is 2. The summed E-state index contributed by atoms with van der Waals surface area (Å²) in [5.74, 6) is -1.21. The smallest absolute Gasteiger partial charge is 0.354 e. The standard InChI is InChI=1S/C30H33ClF3N3O4S/c1-3-4-18-35-29(39)22(2)36(19-17-23-11-7-5-8-12-23)28(38)21-37(42(40,41)25-13-9-6-10-14-25)27-20-24(30(32,33)34)15-16-26(27)31/h5-16,20,22H,3-4,17-19,21H2,1-2H3,(H,35,39)/t22-/m0/s1. The number of nitrogens with one attached hydrogen (secondary N) is 1. The molecule has 7 nitrogen and oxygen atoms in total. The Balaban J connectivity index is 2.04. The first-order valence-corrected chi connectivity index (χ1v) is 15.2. The van der Waals surface area contributed by atoms with Crippen LogP contribution in [-0.2, 0) is 32.2 Å². The summed E-state index contributed by atoms with van der Waals surface area (Å²) in [5.41, 5.74) is -0.762. The molecule has 0 aliphatic rings. The number of sulfonamides is 1. The Morgan fingerprint density at radius 1 is 0.976 bits per heavy atom. The Morgan fingerprint density at radius 3 is 2.19 bits per heavy atom. The van der Waals surface area contributed by atoms with Crippen LogP contribution in [0.5, 0.6) is 0 Å². The van der Waals surface area contributed by atoms with Crippen molar-refractivity contribution in [2.45, 2.75) is 50.2 Å². The van der Waals surface area contributed by atoms with E-state index in [1.807, 2.05) is 37.3 Å². The van der Waals surface area contributed by atoms with Crippen LogP contribution < -0.4 is 9.62 Å². The van der Waals surface area contributed by atoms with Gasteiger partial charge < -0.3 is 10.2 Å². The van der Waals surface area contributed by atoms with Gasteiger partial charge in [-0.05, 0) is 55.7 Å². The van der Waals surface area contributed by atoms with E-state index in [0.29, 0.717) is 23.3 Å². The molecule has 3 aromatic rings. The molecular formula is C30H33ClF3N3O4S. The molecule has 3 aromatic carbocycles. The fourth-order valence-corrected chi connectivity index (χ4v) is 5.93. The largest absolute Gasteiger partial charge is 0.416 e. The molecule has 0 saturated heterocycles. The van der Waals surface area contributed by atoms with Gasteiger partial charge in [-0.15, -0.1) is 0 Å². The molecule has 0 spiro atoms. The van der Waals surface area contributed by atoms with E-state index in [1.165, 1.54) is 36.1 Å². The van der Waals surface area contributed by atoms with Crippen molar-refractivity contribution < 1.29 is 31.2 Å². The SMILES string of the molecule is CCCCNC(=O)[C@H](C)N(CCc1ccccc1)C(=O)CN(c1cc(C(F)(F)F)ccc1Cl)S(=O)(=O)c1ccccc1. The number of hydrogen-bond acceptors (Lipinski definition) is 4. The minimum Gasteiger partial charge on any atom is -0.354 e. The van der Waals surface area contributed by atoms with Gasteiger partial charge in [-0.2, -0.15) is 13.2 Å². The zero-order chi connectivity index (χ0) is 30.9. The van der Waals surface area contributed by atoms with Crippen molar-refractivity contribution in [1.82, 2.24) is 10.2 Å². The highest BCUT2D eigenvalue weighted by atomic mass is 35.5. The van der Waals surface area contributed by atoms with E-state index >= 15 is 0 Å². The van der Waals surface area contributed by atoms with E-state index in [0.717, 1.165) is 30.5 Å². The number of benzene rings is 3.